The zero-order valence-corrected chi connectivity index (χ0v) is 8.46. The molecule has 0 spiro atoms. The van der Waals surface area contributed by atoms with E-state index in [-0.39, 0.29) is 0 Å². The van der Waals surface area contributed by atoms with Gasteiger partial charge in [-0.2, -0.15) is 0 Å². The molecular formula is C12H19O. The number of hydrogen-bond acceptors (Lipinski definition) is 1. The Bertz CT molecular complexity index is 157. The third-order valence-electron chi connectivity index (χ3n) is 1.85. The van der Waals surface area contributed by atoms with Gasteiger partial charge in [0.1, 0.15) is 0 Å². The SMILES string of the molecule is CCCCCCC=CCC=C[C]=O. The second kappa shape index (κ2) is 11.2. The standard InChI is InChI=1S/C12H19O/c1-2-3-4-5-6-7-8-9-10-11-12-13/h7-8,10-11H,2-6,9H2,1H3. The Morgan fingerprint density at radius 2 is 1.92 bits per heavy atom. The molecule has 1 nitrogen and oxygen atoms in total. The molecule has 0 fully saturated rings. The van der Waals surface area contributed by atoms with Crippen molar-refractivity contribution in [1.29, 1.82) is 0 Å². The Morgan fingerprint density at radius 1 is 1.08 bits per heavy atom. The van der Waals surface area contributed by atoms with E-state index in [0.717, 1.165) is 6.42 Å². The van der Waals surface area contributed by atoms with Gasteiger partial charge in [-0.1, -0.05) is 44.4 Å². The summed E-state index contributed by atoms with van der Waals surface area (Å²) in [7, 11) is 0. The minimum atomic E-state index is 0.850. The van der Waals surface area contributed by atoms with Crippen molar-refractivity contribution >= 4 is 6.29 Å². The van der Waals surface area contributed by atoms with E-state index in [9.17, 15) is 4.79 Å². The molecule has 0 amide bonds. The molecule has 1 radical (unpaired) electrons. The minimum Gasteiger partial charge on any atom is -0.286 e. The summed E-state index contributed by atoms with van der Waals surface area (Å²) in [5.41, 5.74) is 0. The number of rotatable bonds is 8. The molecule has 0 aromatic heterocycles. The molecule has 0 atom stereocenters. The normalized spacial score (nSPS) is 11.5. The van der Waals surface area contributed by atoms with Crippen LogP contribution >= 0.6 is 0 Å². The fraction of sp³-hybridized carbons (Fsp3) is 0.583. The maximum atomic E-state index is 9.78. The Morgan fingerprint density at radius 3 is 2.62 bits per heavy atom. The lowest BCUT2D eigenvalue weighted by Crippen LogP contribution is -1.73. The lowest BCUT2D eigenvalue weighted by molar-refractivity contribution is 0.564. The molecule has 0 aromatic carbocycles. The van der Waals surface area contributed by atoms with Gasteiger partial charge in [-0.05, 0) is 25.3 Å². The zero-order chi connectivity index (χ0) is 9.78. The summed E-state index contributed by atoms with van der Waals surface area (Å²) < 4.78 is 0. The van der Waals surface area contributed by atoms with E-state index >= 15 is 0 Å². The molecule has 73 valence electrons. The van der Waals surface area contributed by atoms with Gasteiger partial charge >= 0.3 is 0 Å². The molecular weight excluding hydrogens is 160 g/mol. The maximum Gasteiger partial charge on any atom is 0.225 e. The maximum absolute atomic E-state index is 9.78. The molecule has 13 heavy (non-hydrogen) atoms. The van der Waals surface area contributed by atoms with Crippen molar-refractivity contribution in [1.82, 2.24) is 0 Å². The molecule has 0 aromatic rings. The molecule has 1 heteroatoms. The van der Waals surface area contributed by atoms with E-state index in [1.807, 2.05) is 6.08 Å². The first-order chi connectivity index (χ1) is 6.41. The molecule has 0 unspecified atom stereocenters. The number of hydrogen-bond donors (Lipinski definition) is 0. The summed E-state index contributed by atoms with van der Waals surface area (Å²) in [5, 5.41) is 0. The van der Waals surface area contributed by atoms with Crippen LogP contribution in [0.2, 0.25) is 0 Å². The molecule has 0 aliphatic rings. The average molecular weight is 179 g/mol. The third-order valence-corrected chi connectivity index (χ3v) is 1.85. The van der Waals surface area contributed by atoms with Crippen LogP contribution in [0, 0.1) is 0 Å². The molecule has 0 N–H and O–H groups in total. The molecule has 0 aliphatic heterocycles. The Hall–Kier alpha value is -0.850. The predicted octanol–water partition coefficient (Wildman–Crippen LogP) is 3.57. The van der Waals surface area contributed by atoms with Gasteiger partial charge in [-0.3, -0.25) is 4.79 Å². The summed E-state index contributed by atoms with van der Waals surface area (Å²) in [5.74, 6) is 0. The first-order valence-corrected chi connectivity index (χ1v) is 5.09. The summed E-state index contributed by atoms with van der Waals surface area (Å²) >= 11 is 0. The average Bonchev–Trinajstić information content (AvgIpc) is 2.16. The van der Waals surface area contributed by atoms with Crippen LogP contribution in [-0.2, 0) is 4.79 Å². The minimum absolute atomic E-state index is 0.850. The zero-order valence-electron chi connectivity index (χ0n) is 8.46. The van der Waals surface area contributed by atoms with Crippen molar-refractivity contribution in [3.05, 3.63) is 24.3 Å². The summed E-state index contributed by atoms with van der Waals surface area (Å²) in [6.07, 6.45) is 16.5. The van der Waals surface area contributed by atoms with Crippen LogP contribution in [-0.4, -0.2) is 6.29 Å². The van der Waals surface area contributed by atoms with Crippen LogP contribution < -0.4 is 0 Å². The third kappa shape index (κ3) is 11.1. The molecule has 0 saturated carbocycles. The van der Waals surface area contributed by atoms with Crippen molar-refractivity contribution in [2.75, 3.05) is 0 Å². The van der Waals surface area contributed by atoms with Crippen molar-refractivity contribution < 1.29 is 4.79 Å². The van der Waals surface area contributed by atoms with Gasteiger partial charge in [-0.25, -0.2) is 0 Å². The predicted molar refractivity (Wildman–Crippen MR) is 57.3 cm³/mol. The quantitative estimate of drug-likeness (QED) is 0.316. The highest BCUT2D eigenvalue weighted by Gasteiger charge is 1.83. The molecule has 0 aliphatic carbocycles. The monoisotopic (exact) mass is 179 g/mol. The van der Waals surface area contributed by atoms with Gasteiger partial charge in [0, 0.05) is 0 Å². The molecule has 0 saturated heterocycles. The van der Waals surface area contributed by atoms with Gasteiger partial charge < -0.3 is 0 Å². The van der Waals surface area contributed by atoms with Crippen molar-refractivity contribution in [2.45, 2.75) is 45.4 Å². The lowest BCUT2D eigenvalue weighted by Gasteiger charge is -1.93. The van der Waals surface area contributed by atoms with Crippen LogP contribution in [0.15, 0.2) is 24.3 Å². The first-order valence-electron chi connectivity index (χ1n) is 5.09. The highest BCUT2D eigenvalue weighted by molar-refractivity contribution is 5.65. The molecule has 0 rings (SSSR count). The molecule has 0 bridgehead atoms. The topological polar surface area (TPSA) is 17.1 Å². The number of unbranched alkanes of at least 4 members (excludes halogenated alkanes) is 4. The number of carbonyl (C=O) groups excluding carboxylic acids is 1. The van der Waals surface area contributed by atoms with Crippen LogP contribution in [0.25, 0.3) is 0 Å². The highest BCUT2D eigenvalue weighted by Crippen LogP contribution is 2.03. The van der Waals surface area contributed by atoms with E-state index in [4.69, 9.17) is 0 Å². The van der Waals surface area contributed by atoms with Gasteiger partial charge in [0.05, 0.1) is 0 Å². The van der Waals surface area contributed by atoms with Gasteiger partial charge in [0.2, 0.25) is 6.29 Å². The summed E-state index contributed by atoms with van der Waals surface area (Å²) in [6.45, 7) is 2.22. The van der Waals surface area contributed by atoms with Crippen molar-refractivity contribution in [3.8, 4) is 0 Å². The van der Waals surface area contributed by atoms with Gasteiger partial charge in [-0.15, -0.1) is 0 Å². The van der Waals surface area contributed by atoms with Crippen LogP contribution in [0.5, 0.6) is 0 Å². The number of allylic oxidation sites excluding steroid dienone is 4. The lowest BCUT2D eigenvalue weighted by atomic mass is 10.1. The summed E-state index contributed by atoms with van der Waals surface area (Å²) in [4.78, 5) is 9.78. The fourth-order valence-electron chi connectivity index (χ4n) is 1.10. The molecule has 0 heterocycles. The highest BCUT2D eigenvalue weighted by atomic mass is 16.1. The van der Waals surface area contributed by atoms with Gasteiger partial charge in [0.15, 0.2) is 0 Å². The van der Waals surface area contributed by atoms with E-state index in [1.165, 1.54) is 38.2 Å². The smallest absolute Gasteiger partial charge is 0.225 e. The van der Waals surface area contributed by atoms with E-state index in [2.05, 4.69) is 19.1 Å². The second-order valence-corrected chi connectivity index (χ2v) is 3.08. The Balaban J connectivity index is 3.12. The van der Waals surface area contributed by atoms with Crippen molar-refractivity contribution in [2.24, 2.45) is 0 Å². The first kappa shape index (κ1) is 12.2. The second-order valence-electron chi connectivity index (χ2n) is 3.08. The van der Waals surface area contributed by atoms with Crippen molar-refractivity contribution in [3.63, 3.8) is 0 Å². The summed E-state index contributed by atoms with van der Waals surface area (Å²) in [6, 6.07) is 0. The largest absolute Gasteiger partial charge is 0.286 e. The van der Waals surface area contributed by atoms with E-state index in [1.54, 1.807) is 6.29 Å². The van der Waals surface area contributed by atoms with E-state index < -0.39 is 0 Å². The van der Waals surface area contributed by atoms with Crippen LogP contribution in [0.3, 0.4) is 0 Å². The van der Waals surface area contributed by atoms with E-state index in [0.29, 0.717) is 0 Å². The van der Waals surface area contributed by atoms with Gasteiger partial charge in [0.25, 0.3) is 0 Å². The fourth-order valence-corrected chi connectivity index (χ4v) is 1.10. The van der Waals surface area contributed by atoms with Crippen LogP contribution in [0.4, 0.5) is 0 Å². The Kier molecular flexibility index (Phi) is 10.4. The Labute approximate surface area is 81.5 Å². The van der Waals surface area contributed by atoms with Crippen LogP contribution in [0.1, 0.15) is 45.4 Å².